The van der Waals surface area contributed by atoms with Crippen molar-refractivity contribution in [3.8, 4) is 21.1 Å². The summed E-state index contributed by atoms with van der Waals surface area (Å²) < 4.78 is 13.2. The van der Waals surface area contributed by atoms with Crippen LogP contribution in [-0.4, -0.2) is 31.8 Å². The molecule has 1 aromatic carbocycles. The van der Waals surface area contributed by atoms with Gasteiger partial charge in [0.1, 0.15) is 21.5 Å². The SMILES string of the molecule is Cc1nc(-c2cccnc2)sc1-c1ccc(SCC(=O)Nc2cccc(F)c2)nn1. The van der Waals surface area contributed by atoms with E-state index in [0.717, 1.165) is 26.8 Å². The number of nitrogens with one attached hydrogen (secondary N) is 1. The third-order valence-corrected chi connectivity index (χ3v) is 6.19. The van der Waals surface area contributed by atoms with Gasteiger partial charge in [-0.2, -0.15) is 0 Å². The number of amides is 1. The molecule has 150 valence electrons. The summed E-state index contributed by atoms with van der Waals surface area (Å²) in [6.45, 7) is 1.94. The van der Waals surface area contributed by atoms with Crippen LogP contribution in [-0.2, 0) is 4.79 Å². The molecule has 0 aliphatic rings. The van der Waals surface area contributed by atoms with Gasteiger partial charge in [0.15, 0.2) is 0 Å². The van der Waals surface area contributed by atoms with Crippen LogP contribution in [0.5, 0.6) is 0 Å². The van der Waals surface area contributed by atoms with Gasteiger partial charge in [0.25, 0.3) is 0 Å². The smallest absolute Gasteiger partial charge is 0.234 e. The van der Waals surface area contributed by atoms with Gasteiger partial charge in [0, 0.05) is 23.6 Å². The highest BCUT2D eigenvalue weighted by molar-refractivity contribution is 7.99. The summed E-state index contributed by atoms with van der Waals surface area (Å²) in [5.74, 6) is -0.488. The third-order valence-electron chi connectivity index (χ3n) is 4.04. The molecule has 0 saturated carbocycles. The fourth-order valence-corrected chi connectivity index (χ4v) is 4.30. The van der Waals surface area contributed by atoms with E-state index in [9.17, 15) is 9.18 Å². The van der Waals surface area contributed by atoms with Gasteiger partial charge in [-0.05, 0) is 49.4 Å². The number of aryl methyl sites for hydroxylation is 1. The minimum atomic E-state index is -0.396. The molecule has 30 heavy (non-hydrogen) atoms. The first kappa shape index (κ1) is 20.1. The van der Waals surface area contributed by atoms with Crippen molar-refractivity contribution in [3.05, 3.63) is 72.4 Å². The van der Waals surface area contributed by atoms with Crippen LogP contribution in [0.25, 0.3) is 21.1 Å². The summed E-state index contributed by atoms with van der Waals surface area (Å²) in [6, 6.07) is 13.3. The van der Waals surface area contributed by atoms with Crippen LogP contribution >= 0.6 is 23.1 Å². The van der Waals surface area contributed by atoms with Crippen LogP contribution in [0.3, 0.4) is 0 Å². The van der Waals surface area contributed by atoms with Gasteiger partial charge in [0.05, 0.1) is 16.3 Å². The number of carbonyl (C=O) groups excluding carboxylic acids is 1. The number of pyridine rings is 1. The number of rotatable bonds is 6. The number of nitrogens with zero attached hydrogens (tertiary/aromatic N) is 4. The Hall–Kier alpha value is -3.17. The standard InChI is InChI=1S/C21H16FN5OS2/c1-13-20(30-21(24-13)14-4-3-9-23-11-14)17-7-8-19(27-26-17)29-12-18(28)25-16-6-2-5-15(22)10-16/h2-11H,12H2,1H3,(H,25,28). The Morgan fingerprint density at radius 2 is 2.07 bits per heavy atom. The number of hydrogen-bond acceptors (Lipinski definition) is 7. The zero-order chi connectivity index (χ0) is 20.9. The van der Waals surface area contributed by atoms with Crippen molar-refractivity contribution in [3.63, 3.8) is 0 Å². The third kappa shape index (κ3) is 4.87. The Morgan fingerprint density at radius 1 is 1.17 bits per heavy atom. The summed E-state index contributed by atoms with van der Waals surface area (Å²) in [5, 5.41) is 12.7. The van der Waals surface area contributed by atoms with Crippen LogP contribution in [0, 0.1) is 12.7 Å². The number of halogens is 1. The molecule has 0 fully saturated rings. The maximum atomic E-state index is 13.2. The average molecular weight is 438 g/mol. The molecule has 0 unspecified atom stereocenters. The van der Waals surface area contributed by atoms with Crippen molar-refractivity contribution in [1.82, 2.24) is 20.2 Å². The highest BCUT2D eigenvalue weighted by atomic mass is 32.2. The number of carbonyl (C=O) groups is 1. The van der Waals surface area contributed by atoms with Crippen molar-refractivity contribution >= 4 is 34.7 Å². The van der Waals surface area contributed by atoms with Crippen LogP contribution in [0.4, 0.5) is 10.1 Å². The molecule has 0 saturated heterocycles. The lowest BCUT2D eigenvalue weighted by Gasteiger charge is -2.05. The second-order valence-electron chi connectivity index (χ2n) is 6.28. The quantitative estimate of drug-likeness (QED) is 0.435. The minimum absolute atomic E-state index is 0.148. The van der Waals surface area contributed by atoms with E-state index in [1.54, 1.807) is 24.5 Å². The van der Waals surface area contributed by atoms with Crippen LogP contribution in [0.15, 0.2) is 66.0 Å². The van der Waals surface area contributed by atoms with Gasteiger partial charge in [-0.25, -0.2) is 9.37 Å². The molecule has 9 heteroatoms. The monoisotopic (exact) mass is 437 g/mol. The highest BCUT2D eigenvalue weighted by Gasteiger charge is 2.13. The predicted octanol–water partition coefficient (Wildman–Crippen LogP) is 4.84. The molecule has 0 spiro atoms. The average Bonchev–Trinajstić information content (AvgIpc) is 3.15. The van der Waals surface area contributed by atoms with Gasteiger partial charge in [-0.1, -0.05) is 17.8 Å². The Bertz CT molecular complexity index is 1170. The van der Waals surface area contributed by atoms with Crippen molar-refractivity contribution in [1.29, 1.82) is 0 Å². The second-order valence-corrected chi connectivity index (χ2v) is 8.27. The van der Waals surface area contributed by atoms with Crippen LogP contribution < -0.4 is 5.32 Å². The first-order valence-electron chi connectivity index (χ1n) is 8.98. The van der Waals surface area contributed by atoms with Crippen LogP contribution in [0.1, 0.15) is 5.69 Å². The highest BCUT2D eigenvalue weighted by Crippen LogP contribution is 2.34. The number of benzene rings is 1. The maximum Gasteiger partial charge on any atom is 0.234 e. The normalized spacial score (nSPS) is 10.7. The van der Waals surface area contributed by atoms with E-state index in [-0.39, 0.29) is 11.7 Å². The van der Waals surface area contributed by atoms with Gasteiger partial charge in [0.2, 0.25) is 5.91 Å². The molecule has 3 heterocycles. The lowest BCUT2D eigenvalue weighted by Crippen LogP contribution is -2.14. The zero-order valence-corrected chi connectivity index (χ0v) is 17.5. The lowest BCUT2D eigenvalue weighted by molar-refractivity contribution is -0.113. The molecule has 4 aromatic rings. The number of aromatic nitrogens is 4. The number of hydrogen-bond donors (Lipinski definition) is 1. The van der Waals surface area contributed by atoms with E-state index in [2.05, 4.69) is 25.5 Å². The van der Waals surface area contributed by atoms with E-state index in [1.807, 2.05) is 31.2 Å². The molecular formula is C21H16FN5OS2. The molecule has 4 rings (SSSR count). The van der Waals surface area contributed by atoms with E-state index < -0.39 is 5.82 Å². The molecular weight excluding hydrogens is 421 g/mol. The lowest BCUT2D eigenvalue weighted by atomic mass is 10.3. The molecule has 0 aliphatic carbocycles. The van der Waals surface area contributed by atoms with Crippen LogP contribution in [0.2, 0.25) is 0 Å². The molecule has 0 aliphatic heterocycles. The summed E-state index contributed by atoms with van der Waals surface area (Å²) >= 11 is 2.80. The van der Waals surface area contributed by atoms with E-state index in [1.165, 1.54) is 35.2 Å². The van der Waals surface area contributed by atoms with Gasteiger partial charge < -0.3 is 5.32 Å². The van der Waals surface area contributed by atoms with Crippen molar-refractivity contribution in [2.24, 2.45) is 0 Å². The Labute approximate surface area is 180 Å². The molecule has 0 bridgehead atoms. The molecule has 1 N–H and O–H groups in total. The Morgan fingerprint density at radius 3 is 2.80 bits per heavy atom. The number of thiazole rings is 1. The fourth-order valence-electron chi connectivity index (χ4n) is 2.67. The summed E-state index contributed by atoms with van der Waals surface area (Å²) in [7, 11) is 0. The molecule has 3 aromatic heterocycles. The summed E-state index contributed by atoms with van der Waals surface area (Å²) in [4.78, 5) is 21.7. The van der Waals surface area contributed by atoms with Gasteiger partial charge >= 0.3 is 0 Å². The Kier molecular flexibility index (Phi) is 6.10. The maximum absolute atomic E-state index is 13.2. The zero-order valence-electron chi connectivity index (χ0n) is 15.9. The fraction of sp³-hybridized carbons (Fsp3) is 0.0952. The van der Waals surface area contributed by atoms with Crippen molar-refractivity contribution in [2.75, 3.05) is 11.1 Å². The summed E-state index contributed by atoms with van der Waals surface area (Å²) in [5.41, 5.74) is 2.99. The van der Waals surface area contributed by atoms with E-state index in [4.69, 9.17) is 0 Å². The Balaban J connectivity index is 1.40. The molecule has 0 atom stereocenters. The van der Waals surface area contributed by atoms with Crippen molar-refractivity contribution in [2.45, 2.75) is 11.9 Å². The molecule has 1 amide bonds. The van der Waals surface area contributed by atoms with Crippen molar-refractivity contribution < 1.29 is 9.18 Å². The summed E-state index contributed by atoms with van der Waals surface area (Å²) in [6.07, 6.45) is 3.51. The van der Waals surface area contributed by atoms with E-state index >= 15 is 0 Å². The first-order chi connectivity index (χ1) is 14.6. The minimum Gasteiger partial charge on any atom is -0.325 e. The van der Waals surface area contributed by atoms with Gasteiger partial charge in [-0.3, -0.25) is 9.78 Å². The molecule has 6 nitrogen and oxygen atoms in total. The predicted molar refractivity (Wildman–Crippen MR) is 117 cm³/mol. The first-order valence-corrected chi connectivity index (χ1v) is 10.8. The number of thioether (sulfide) groups is 1. The van der Waals surface area contributed by atoms with E-state index in [0.29, 0.717) is 10.7 Å². The second kappa shape index (κ2) is 9.10. The topological polar surface area (TPSA) is 80.7 Å². The van der Waals surface area contributed by atoms with Gasteiger partial charge in [-0.15, -0.1) is 21.5 Å². The number of anilines is 1. The molecule has 0 radical (unpaired) electrons. The largest absolute Gasteiger partial charge is 0.325 e.